The first-order valence-corrected chi connectivity index (χ1v) is 8.29. The summed E-state index contributed by atoms with van der Waals surface area (Å²) in [5, 5.41) is 16.1. The van der Waals surface area contributed by atoms with Gasteiger partial charge < -0.3 is 10.4 Å². The molecule has 1 aliphatic heterocycles. The third kappa shape index (κ3) is 3.54. The molecule has 19 heavy (non-hydrogen) atoms. The van der Waals surface area contributed by atoms with E-state index in [2.05, 4.69) is 20.6 Å². The Hall–Kier alpha value is -0.490. The van der Waals surface area contributed by atoms with Crippen molar-refractivity contribution >= 4 is 11.3 Å². The minimum Gasteiger partial charge on any atom is -0.390 e. The molecule has 2 aliphatic rings. The predicted molar refractivity (Wildman–Crippen MR) is 77.2 cm³/mol. The van der Waals surface area contributed by atoms with Crippen LogP contribution in [0.2, 0.25) is 0 Å². The van der Waals surface area contributed by atoms with Gasteiger partial charge in [0.2, 0.25) is 0 Å². The number of likely N-dealkylation sites (tertiary alicyclic amines) is 1. The molecule has 1 saturated heterocycles. The summed E-state index contributed by atoms with van der Waals surface area (Å²) in [5.74, 6) is 0. The molecule has 5 heteroatoms. The predicted octanol–water partition coefficient (Wildman–Crippen LogP) is 1.61. The number of nitrogens with zero attached hydrogens (tertiary/aromatic N) is 2. The van der Waals surface area contributed by atoms with Crippen molar-refractivity contribution in [1.29, 1.82) is 0 Å². The number of hydrogen-bond acceptors (Lipinski definition) is 5. The highest BCUT2D eigenvalue weighted by Crippen LogP contribution is 2.21. The second-order valence-electron chi connectivity index (χ2n) is 5.83. The molecule has 0 unspecified atom stereocenters. The lowest BCUT2D eigenvalue weighted by Crippen LogP contribution is -2.54. The Morgan fingerprint density at radius 3 is 2.89 bits per heavy atom. The standard InChI is InChI=1S/C14H23N3OS/c18-14-8-17(7-12-9-19-10-15-12)6-5-13(14)16-11-3-1-2-4-11/h9-11,13-14,16,18H,1-8H2/t13-,14-/m1/s1. The van der Waals surface area contributed by atoms with Crippen LogP contribution in [0.15, 0.2) is 10.9 Å². The SMILES string of the molecule is O[C@@H]1CN(Cc2cscn2)CC[C@H]1NC1CCCC1. The summed E-state index contributed by atoms with van der Waals surface area (Å²) >= 11 is 1.64. The Balaban J connectivity index is 1.47. The van der Waals surface area contributed by atoms with E-state index < -0.39 is 0 Å². The van der Waals surface area contributed by atoms with Crippen molar-refractivity contribution in [2.75, 3.05) is 13.1 Å². The Morgan fingerprint density at radius 1 is 1.37 bits per heavy atom. The Kier molecular flexibility index (Phi) is 4.48. The number of β-amino-alcohol motifs (C(OH)–C–C–N with tert-alkyl or cyclic N) is 1. The van der Waals surface area contributed by atoms with Crippen molar-refractivity contribution in [2.45, 2.75) is 56.8 Å². The van der Waals surface area contributed by atoms with E-state index in [1.165, 1.54) is 25.7 Å². The average molecular weight is 281 g/mol. The summed E-state index contributed by atoms with van der Waals surface area (Å²) in [4.78, 5) is 6.63. The minimum atomic E-state index is -0.243. The molecule has 3 rings (SSSR count). The van der Waals surface area contributed by atoms with Gasteiger partial charge in [-0.1, -0.05) is 12.8 Å². The molecular formula is C14H23N3OS. The molecule has 0 bridgehead atoms. The summed E-state index contributed by atoms with van der Waals surface area (Å²) in [6, 6.07) is 0.930. The first-order valence-electron chi connectivity index (χ1n) is 7.35. The summed E-state index contributed by atoms with van der Waals surface area (Å²) < 4.78 is 0. The lowest BCUT2D eigenvalue weighted by atomic mass is 10.0. The Morgan fingerprint density at radius 2 is 2.21 bits per heavy atom. The van der Waals surface area contributed by atoms with E-state index in [9.17, 15) is 5.11 Å². The topological polar surface area (TPSA) is 48.4 Å². The molecule has 106 valence electrons. The monoisotopic (exact) mass is 281 g/mol. The Bertz CT molecular complexity index is 378. The van der Waals surface area contributed by atoms with Gasteiger partial charge in [0.05, 0.1) is 17.3 Å². The van der Waals surface area contributed by atoms with Crippen LogP contribution in [0.25, 0.3) is 0 Å². The maximum absolute atomic E-state index is 10.3. The van der Waals surface area contributed by atoms with Crippen molar-refractivity contribution in [1.82, 2.24) is 15.2 Å². The lowest BCUT2D eigenvalue weighted by Gasteiger charge is -2.37. The number of piperidine rings is 1. The average Bonchev–Trinajstić information content (AvgIpc) is 3.05. The van der Waals surface area contributed by atoms with Gasteiger partial charge in [0.15, 0.2) is 0 Å². The van der Waals surface area contributed by atoms with Gasteiger partial charge in [-0.15, -0.1) is 11.3 Å². The summed E-state index contributed by atoms with van der Waals surface area (Å²) in [6.45, 7) is 2.69. The molecule has 0 amide bonds. The number of aromatic nitrogens is 1. The first-order chi connectivity index (χ1) is 9.31. The van der Waals surface area contributed by atoms with Gasteiger partial charge in [0.1, 0.15) is 0 Å². The quantitative estimate of drug-likeness (QED) is 0.880. The molecule has 0 radical (unpaired) electrons. The van der Waals surface area contributed by atoms with Gasteiger partial charge in [-0.2, -0.15) is 0 Å². The van der Waals surface area contributed by atoms with Crippen LogP contribution in [-0.4, -0.2) is 46.3 Å². The van der Waals surface area contributed by atoms with Gasteiger partial charge in [-0.25, -0.2) is 4.98 Å². The molecule has 2 heterocycles. The lowest BCUT2D eigenvalue weighted by molar-refractivity contribution is 0.0328. The van der Waals surface area contributed by atoms with Crippen LogP contribution in [-0.2, 0) is 6.54 Å². The number of nitrogens with one attached hydrogen (secondary N) is 1. The fraction of sp³-hybridized carbons (Fsp3) is 0.786. The normalized spacial score (nSPS) is 29.9. The highest BCUT2D eigenvalue weighted by Gasteiger charge is 2.30. The first kappa shape index (κ1) is 13.5. The molecule has 1 aromatic rings. The number of rotatable bonds is 4. The maximum atomic E-state index is 10.3. The molecule has 2 N–H and O–H groups in total. The molecule has 4 nitrogen and oxygen atoms in total. The molecule has 1 saturated carbocycles. The zero-order valence-electron chi connectivity index (χ0n) is 11.3. The molecule has 1 aromatic heterocycles. The van der Waals surface area contributed by atoms with Crippen LogP contribution in [0.1, 0.15) is 37.8 Å². The van der Waals surface area contributed by atoms with Crippen LogP contribution in [0.4, 0.5) is 0 Å². The number of hydrogen-bond donors (Lipinski definition) is 2. The highest BCUT2D eigenvalue weighted by atomic mass is 32.1. The van der Waals surface area contributed by atoms with Gasteiger partial charge in [0.25, 0.3) is 0 Å². The van der Waals surface area contributed by atoms with E-state index in [1.807, 2.05) is 5.51 Å². The zero-order chi connectivity index (χ0) is 13.1. The van der Waals surface area contributed by atoms with Gasteiger partial charge in [0, 0.05) is 37.1 Å². The van der Waals surface area contributed by atoms with Gasteiger partial charge in [-0.05, 0) is 19.3 Å². The van der Waals surface area contributed by atoms with Gasteiger partial charge >= 0.3 is 0 Å². The van der Waals surface area contributed by atoms with Crippen LogP contribution in [0, 0.1) is 0 Å². The maximum Gasteiger partial charge on any atom is 0.0820 e. The van der Waals surface area contributed by atoms with E-state index >= 15 is 0 Å². The van der Waals surface area contributed by atoms with E-state index in [-0.39, 0.29) is 12.1 Å². The Labute approximate surface area is 118 Å². The zero-order valence-corrected chi connectivity index (χ0v) is 12.1. The van der Waals surface area contributed by atoms with Crippen molar-refractivity contribution in [2.24, 2.45) is 0 Å². The van der Waals surface area contributed by atoms with Crippen LogP contribution < -0.4 is 5.32 Å². The van der Waals surface area contributed by atoms with Crippen molar-refractivity contribution in [3.63, 3.8) is 0 Å². The smallest absolute Gasteiger partial charge is 0.0820 e. The molecular weight excluding hydrogens is 258 g/mol. The molecule has 0 aromatic carbocycles. The van der Waals surface area contributed by atoms with E-state index in [0.717, 1.165) is 31.7 Å². The fourth-order valence-electron chi connectivity index (χ4n) is 3.28. The van der Waals surface area contributed by atoms with Gasteiger partial charge in [-0.3, -0.25) is 4.90 Å². The third-order valence-electron chi connectivity index (χ3n) is 4.34. The molecule has 1 aliphatic carbocycles. The van der Waals surface area contributed by atoms with E-state index in [0.29, 0.717) is 6.04 Å². The van der Waals surface area contributed by atoms with Crippen molar-refractivity contribution < 1.29 is 5.11 Å². The minimum absolute atomic E-state index is 0.243. The van der Waals surface area contributed by atoms with E-state index in [1.54, 1.807) is 11.3 Å². The van der Waals surface area contributed by atoms with Crippen LogP contribution in [0.5, 0.6) is 0 Å². The van der Waals surface area contributed by atoms with Crippen molar-refractivity contribution in [3.8, 4) is 0 Å². The van der Waals surface area contributed by atoms with Crippen LogP contribution >= 0.6 is 11.3 Å². The molecule has 0 spiro atoms. The largest absolute Gasteiger partial charge is 0.390 e. The highest BCUT2D eigenvalue weighted by molar-refractivity contribution is 7.07. The molecule has 2 fully saturated rings. The fourth-order valence-corrected chi connectivity index (χ4v) is 3.82. The summed E-state index contributed by atoms with van der Waals surface area (Å²) in [5.41, 5.74) is 3.00. The second kappa shape index (κ2) is 6.31. The van der Waals surface area contributed by atoms with E-state index in [4.69, 9.17) is 0 Å². The summed E-state index contributed by atoms with van der Waals surface area (Å²) in [7, 11) is 0. The summed E-state index contributed by atoms with van der Waals surface area (Å²) in [6.07, 6.45) is 6.06. The number of aliphatic hydroxyl groups is 1. The number of aliphatic hydroxyl groups excluding tert-OH is 1. The third-order valence-corrected chi connectivity index (χ3v) is 4.98. The number of thiazole rings is 1. The molecule has 2 atom stereocenters. The van der Waals surface area contributed by atoms with Crippen molar-refractivity contribution in [3.05, 3.63) is 16.6 Å². The second-order valence-corrected chi connectivity index (χ2v) is 6.54. The van der Waals surface area contributed by atoms with Crippen LogP contribution in [0.3, 0.4) is 0 Å².